The zero-order valence-corrected chi connectivity index (χ0v) is 15.7. The molecule has 9 heteroatoms. The van der Waals surface area contributed by atoms with Crippen molar-refractivity contribution in [3.63, 3.8) is 0 Å². The summed E-state index contributed by atoms with van der Waals surface area (Å²) in [7, 11) is 0. The second-order valence-electron chi connectivity index (χ2n) is 6.52. The Labute approximate surface area is 154 Å². The number of hydrogen-bond donors (Lipinski definition) is 1. The second kappa shape index (κ2) is 7.73. The first-order chi connectivity index (χ1) is 12.0. The molecule has 0 saturated heterocycles. The number of nitrogens with one attached hydrogen (secondary N) is 1. The van der Waals surface area contributed by atoms with Crippen LogP contribution in [0.2, 0.25) is 5.02 Å². The van der Waals surface area contributed by atoms with Crippen molar-refractivity contribution in [2.75, 3.05) is 0 Å². The largest absolute Gasteiger partial charge is 0.573 e. The minimum absolute atomic E-state index is 0.00502. The van der Waals surface area contributed by atoms with Crippen molar-refractivity contribution in [2.45, 2.75) is 59.0 Å². The molecule has 1 heterocycles. The Morgan fingerprint density at radius 1 is 1.27 bits per heavy atom. The van der Waals surface area contributed by atoms with Crippen molar-refractivity contribution in [1.29, 1.82) is 0 Å². The van der Waals surface area contributed by atoms with Crippen LogP contribution in [0.25, 0.3) is 11.0 Å². The van der Waals surface area contributed by atoms with Crippen LogP contribution in [0.3, 0.4) is 0 Å². The number of aromatic nitrogens is 2. The van der Waals surface area contributed by atoms with Gasteiger partial charge in [-0.1, -0.05) is 11.6 Å². The number of aryl methyl sites for hydroxylation is 1. The number of halogens is 4. The highest BCUT2D eigenvalue weighted by Crippen LogP contribution is 2.33. The number of amides is 1. The molecule has 144 valence electrons. The molecule has 0 aliphatic rings. The monoisotopic (exact) mass is 391 g/mol. The molecule has 1 N–H and O–H groups in total. The van der Waals surface area contributed by atoms with Crippen molar-refractivity contribution >= 4 is 28.5 Å². The molecule has 26 heavy (non-hydrogen) atoms. The van der Waals surface area contributed by atoms with E-state index in [1.807, 2.05) is 27.7 Å². The van der Waals surface area contributed by atoms with E-state index in [1.165, 1.54) is 6.07 Å². The molecule has 1 amide bonds. The van der Waals surface area contributed by atoms with Gasteiger partial charge in [0, 0.05) is 31.0 Å². The zero-order valence-electron chi connectivity index (χ0n) is 14.9. The average molecular weight is 392 g/mol. The number of aromatic amines is 1. The molecule has 0 spiro atoms. The molecule has 0 atom stereocenters. The van der Waals surface area contributed by atoms with Crippen molar-refractivity contribution in [3.05, 3.63) is 23.0 Å². The van der Waals surface area contributed by atoms with Gasteiger partial charge in [-0.2, -0.15) is 0 Å². The normalized spacial score (nSPS) is 12.2. The van der Waals surface area contributed by atoms with Crippen LogP contribution >= 0.6 is 11.6 Å². The highest BCUT2D eigenvalue weighted by molar-refractivity contribution is 6.32. The van der Waals surface area contributed by atoms with Crippen LogP contribution in [0.4, 0.5) is 13.2 Å². The number of carbonyl (C=O) groups excluding carboxylic acids is 1. The first-order valence-corrected chi connectivity index (χ1v) is 8.60. The Kier molecular flexibility index (Phi) is 6.05. The van der Waals surface area contributed by atoms with Crippen LogP contribution in [0.1, 0.15) is 39.9 Å². The quantitative estimate of drug-likeness (QED) is 0.777. The fourth-order valence-corrected chi connectivity index (χ4v) is 3.11. The third kappa shape index (κ3) is 5.03. The predicted molar refractivity (Wildman–Crippen MR) is 93.2 cm³/mol. The van der Waals surface area contributed by atoms with E-state index in [-0.39, 0.29) is 29.4 Å². The first kappa shape index (κ1) is 20.4. The molecule has 2 rings (SSSR count). The van der Waals surface area contributed by atoms with Crippen molar-refractivity contribution in [1.82, 2.24) is 14.9 Å². The van der Waals surface area contributed by atoms with E-state index in [0.29, 0.717) is 23.3 Å². The molecule has 5 nitrogen and oxygen atoms in total. The molecule has 2 aromatic rings. The third-order valence-corrected chi connectivity index (χ3v) is 4.08. The number of alkyl halides is 3. The minimum Gasteiger partial charge on any atom is -0.404 e. The lowest BCUT2D eigenvalue weighted by Gasteiger charge is -2.30. The van der Waals surface area contributed by atoms with E-state index in [0.717, 1.165) is 6.07 Å². The number of benzene rings is 1. The topological polar surface area (TPSA) is 58.2 Å². The van der Waals surface area contributed by atoms with Crippen LogP contribution in [-0.4, -0.2) is 39.2 Å². The molecular weight excluding hydrogens is 371 g/mol. The maximum absolute atomic E-state index is 12.4. The molecule has 1 aromatic heterocycles. The van der Waals surface area contributed by atoms with E-state index < -0.39 is 12.1 Å². The summed E-state index contributed by atoms with van der Waals surface area (Å²) < 4.78 is 41.1. The molecule has 0 fully saturated rings. The van der Waals surface area contributed by atoms with Gasteiger partial charge in [-0.05, 0) is 33.8 Å². The van der Waals surface area contributed by atoms with E-state index in [4.69, 9.17) is 11.6 Å². The fraction of sp³-hybridized carbons (Fsp3) is 0.529. The number of imidazole rings is 1. The molecule has 0 saturated carbocycles. The van der Waals surface area contributed by atoms with Crippen LogP contribution in [0, 0.1) is 0 Å². The average Bonchev–Trinajstić information content (AvgIpc) is 2.85. The Balaban J connectivity index is 2.15. The van der Waals surface area contributed by atoms with Gasteiger partial charge in [-0.3, -0.25) is 4.79 Å². The SMILES string of the molecule is CC(C)N(C(=O)CCc1nc2cc(OC(F)(F)F)c(Cl)cc2[nH]1)C(C)C. The molecule has 0 bridgehead atoms. The van der Waals surface area contributed by atoms with E-state index in [9.17, 15) is 18.0 Å². The van der Waals surface area contributed by atoms with Gasteiger partial charge in [0.2, 0.25) is 5.91 Å². The van der Waals surface area contributed by atoms with Crippen LogP contribution in [0.15, 0.2) is 12.1 Å². The van der Waals surface area contributed by atoms with Crippen molar-refractivity contribution < 1.29 is 22.7 Å². The lowest BCUT2D eigenvalue weighted by Crippen LogP contribution is -2.42. The third-order valence-electron chi connectivity index (χ3n) is 3.79. The Bertz CT molecular complexity index is 779. The second-order valence-corrected chi connectivity index (χ2v) is 6.93. The zero-order chi connectivity index (χ0) is 19.6. The maximum atomic E-state index is 12.4. The number of hydrogen-bond acceptors (Lipinski definition) is 3. The number of fused-ring (bicyclic) bond motifs is 1. The van der Waals surface area contributed by atoms with Gasteiger partial charge in [0.15, 0.2) is 0 Å². The van der Waals surface area contributed by atoms with Gasteiger partial charge < -0.3 is 14.6 Å². The molecule has 0 aliphatic carbocycles. The summed E-state index contributed by atoms with van der Waals surface area (Å²) in [4.78, 5) is 21.4. The number of H-pyrrole nitrogens is 1. The van der Waals surface area contributed by atoms with Crippen molar-refractivity contribution in [3.8, 4) is 5.75 Å². The van der Waals surface area contributed by atoms with Crippen molar-refractivity contribution in [2.24, 2.45) is 0 Å². The van der Waals surface area contributed by atoms with Gasteiger partial charge in [0.05, 0.1) is 16.1 Å². The summed E-state index contributed by atoms with van der Waals surface area (Å²) in [5.41, 5.74) is 0.775. The highest BCUT2D eigenvalue weighted by Gasteiger charge is 2.32. The number of carbonyl (C=O) groups is 1. The fourth-order valence-electron chi connectivity index (χ4n) is 2.91. The predicted octanol–water partition coefficient (Wildman–Crippen LogP) is 4.69. The van der Waals surface area contributed by atoms with E-state index in [1.54, 1.807) is 4.90 Å². The number of nitrogens with zero attached hydrogens (tertiary/aromatic N) is 2. The van der Waals surface area contributed by atoms with Gasteiger partial charge >= 0.3 is 6.36 Å². The van der Waals surface area contributed by atoms with Gasteiger partial charge in [-0.15, -0.1) is 13.2 Å². The van der Waals surface area contributed by atoms with Crippen LogP contribution < -0.4 is 4.74 Å². The van der Waals surface area contributed by atoms with E-state index >= 15 is 0 Å². The molecular formula is C17H21ClF3N3O2. The lowest BCUT2D eigenvalue weighted by molar-refractivity contribution is -0.274. The Morgan fingerprint density at radius 2 is 1.88 bits per heavy atom. The smallest absolute Gasteiger partial charge is 0.404 e. The van der Waals surface area contributed by atoms with Gasteiger partial charge in [-0.25, -0.2) is 4.98 Å². The summed E-state index contributed by atoms with van der Waals surface area (Å²) in [6.45, 7) is 7.79. The number of ether oxygens (including phenoxy) is 1. The number of rotatable bonds is 6. The lowest BCUT2D eigenvalue weighted by atomic mass is 10.2. The van der Waals surface area contributed by atoms with E-state index in [2.05, 4.69) is 14.7 Å². The molecule has 0 aliphatic heterocycles. The summed E-state index contributed by atoms with van der Waals surface area (Å²) in [6, 6.07) is 2.62. The molecule has 0 unspecified atom stereocenters. The minimum atomic E-state index is -4.83. The Hall–Kier alpha value is -1.96. The molecule has 0 radical (unpaired) electrons. The van der Waals surface area contributed by atoms with Crippen LogP contribution in [0.5, 0.6) is 5.75 Å². The summed E-state index contributed by atoms with van der Waals surface area (Å²) in [6.07, 6.45) is -4.24. The summed E-state index contributed by atoms with van der Waals surface area (Å²) in [5.74, 6) is -0.0118. The molecule has 1 aromatic carbocycles. The highest BCUT2D eigenvalue weighted by atomic mass is 35.5. The van der Waals surface area contributed by atoms with Crippen LogP contribution in [-0.2, 0) is 11.2 Å². The summed E-state index contributed by atoms with van der Waals surface area (Å²) in [5, 5.41) is -0.174. The standard InChI is InChI=1S/C17H21ClF3N3O2/c1-9(2)24(10(3)4)16(25)6-5-15-22-12-7-11(18)14(8-13(12)23-15)26-17(19,20)21/h7-10H,5-6H2,1-4H3,(H,22,23). The summed E-state index contributed by atoms with van der Waals surface area (Å²) >= 11 is 5.82. The maximum Gasteiger partial charge on any atom is 0.573 e. The Morgan fingerprint density at radius 3 is 2.42 bits per heavy atom. The first-order valence-electron chi connectivity index (χ1n) is 8.23. The van der Waals surface area contributed by atoms with Gasteiger partial charge in [0.1, 0.15) is 11.6 Å². The van der Waals surface area contributed by atoms with Gasteiger partial charge in [0.25, 0.3) is 0 Å².